The fourth-order valence-electron chi connectivity index (χ4n) is 11.0. The maximum Gasteiger partial charge on any atom is 0.0714 e. The van der Waals surface area contributed by atoms with E-state index in [2.05, 4.69) is 267 Å². The van der Waals surface area contributed by atoms with Gasteiger partial charge in [0.2, 0.25) is 0 Å². The number of anilines is 3. The van der Waals surface area contributed by atoms with E-state index < -0.39 is 5.41 Å². The smallest absolute Gasteiger partial charge is 0.0714 e. The molecular formula is C64H47N. The summed E-state index contributed by atoms with van der Waals surface area (Å²) in [4.78, 5) is 2.48. The fourth-order valence-corrected chi connectivity index (χ4v) is 11.0. The second kappa shape index (κ2) is 15.4. The number of benzene rings is 10. The molecule has 1 nitrogen and oxygen atoms in total. The largest absolute Gasteiger partial charge is 0.310 e. The van der Waals surface area contributed by atoms with E-state index in [-0.39, 0.29) is 5.41 Å². The lowest BCUT2D eigenvalue weighted by atomic mass is 9.67. The molecule has 0 saturated heterocycles. The van der Waals surface area contributed by atoms with Crippen molar-refractivity contribution in [3.63, 3.8) is 0 Å². The van der Waals surface area contributed by atoms with Crippen LogP contribution in [-0.2, 0) is 10.8 Å². The van der Waals surface area contributed by atoms with Crippen molar-refractivity contribution in [3.05, 3.63) is 282 Å². The Hall–Kier alpha value is -8.00. The van der Waals surface area contributed by atoms with Gasteiger partial charge in [-0.2, -0.15) is 0 Å². The summed E-state index contributed by atoms with van der Waals surface area (Å²) in [7, 11) is 0. The van der Waals surface area contributed by atoms with Gasteiger partial charge in [0.25, 0.3) is 0 Å². The Kier molecular flexibility index (Phi) is 9.14. The first kappa shape index (κ1) is 38.7. The van der Waals surface area contributed by atoms with Crippen LogP contribution in [0.25, 0.3) is 55.6 Å². The average molecular weight is 830 g/mol. The summed E-state index contributed by atoms with van der Waals surface area (Å²) >= 11 is 0. The molecule has 12 rings (SSSR count). The van der Waals surface area contributed by atoms with Gasteiger partial charge in [-0.05, 0) is 131 Å². The van der Waals surface area contributed by atoms with Crippen LogP contribution in [0.2, 0.25) is 0 Å². The van der Waals surface area contributed by atoms with Gasteiger partial charge in [-0.1, -0.05) is 220 Å². The minimum atomic E-state index is -0.511. The highest BCUT2D eigenvalue weighted by atomic mass is 15.1. The second-order valence-electron chi connectivity index (χ2n) is 18.1. The molecule has 0 spiro atoms. The Labute approximate surface area is 382 Å². The number of fused-ring (bicyclic) bond motifs is 6. The molecule has 0 fully saturated rings. The molecule has 1 heteroatoms. The molecule has 65 heavy (non-hydrogen) atoms. The molecular weight excluding hydrogens is 783 g/mol. The quantitative estimate of drug-likeness (QED) is 0.147. The molecule has 10 aromatic carbocycles. The summed E-state index contributed by atoms with van der Waals surface area (Å²) in [5, 5.41) is 0. The Morgan fingerprint density at radius 1 is 0.262 bits per heavy atom. The van der Waals surface area contributed by atoms with Gasteiger partial charge in [0.05, 0.1) is 5.41 Å². The van der Waals surface area contributed by atoms with Crippen molar-refractivity contribution in [2.75, 3.05) is 4.90 Å². The van der Waals surface area contributed by atoms with Crippen molar-refractivity contribution in [1.29, 1.82) is 0 Å². The molecule has 0 aromatic heterocycles. The topological polar surface area (TPSA) is 3.24 Å². The molecule has 2 aliphatic rings. The molecule has 2 aliphatic carbocycles. The number of rotatable bonds is 8. The van der Waals surface area contributed by atoms with Crippen LogP contribution >= 0.6 is 0 Å². The lowest BCUT2D eigenvalue weighted by Crippen LogP contribution is -2.28. The van der Waals surface area contributed by atoms with Gasteiger partial charge in [0.15, 0.2) is 0 Å². The highest BCUT2D eigenvalue weighted by Gasteiger charge is 2.46. The highest BCUT2D eigenvalue weighted by molar-refractivity contribution is 5.92. The summed E-state index contributed by atoms with van der Waals surface area (Å²) in [6.45, 7) is 4.79. The van der Waals surface area contributed by atoms with Crippen molar-refractivity contribution in [2.45, 2.75) is 24.7 Å². The summed E-state index contributed by atoms with van der Waals surface area (Å²) < 4.78 is 0. The van der Waals surface area contributed by atoms with Crippen molar-refractivity contribution in [2.24, 2.45) is 0 Å². The summed E-state index contributed by atoms with van der Waals surface area (Å²) in [5.41, 5.74) is 22.9. The Balaban J connectivity index is 1.02. The maximum absolute atomic E-state index is 2.48. The molecule has 0 N–H and O–H groups in total. The van der Waals surface area contributed by atoms with Crippen molar-refractivity contribution in [3.8, 4) is 55.6 Å². The Bertz CT molecular complexity index is 3330. The SMILES string of the molecule is CC1(C)c2cc(-c3ccc(-c4ccccc4)cc3)ccc2-c2ccc(N(c3cccc(-c4ccccc4)c3)c3ccc4c(c3)C(c3ccccc3)(c3ccccc3)c3ccccc3-4)cc21. The Morgan fingerprint density at radius 2 is 0.646 bits per heavy atom. The minimum absolute atomic E-state index is 0.229. The number of nitrogens with zero attached hydrogens (tertiary/aromatic N) is 1. The van der Waals surface area contributed by atoms with Gasteiger partial charge in [-0.15, -0.1) is 0 Å². The van der Waals surface area contributed by atoms with E-state index in [1.165, 1.54) is 89.0 Å². The molecule has 308 valence electrons. The van der Waals surface area contributed by atoms with E-state index in [4.69, 9.17) is 0 Å². The third kappa shape index (κ3) is 6.22. The molecule has 10 aromatic rings. The van der Waals surface area contributed by atoms with E-state index in [0.717, 1.165) is 17.1 Å². The van der Waals surface area contributed by atoms with Crippen LogP contribution in [0.15, 0.2) is 249 Å². The van der Waals surface area contributed by atoms with Gasteiger partial charge >= 0.3 is 0 Å². The molecule has 0 saturated carbocycles. The molecule has 0 radical (unpaired) electrons. The second-order valence-corrected chi connectivity index (χ2v) is 18.1. The normalized spacial score (nSPS) is 13.6. The zero-order chi connectivity index (χ0) is 43.5. The summed E-state index contributed by atoms with van der Waals surface area (Å²) in [6, 6.07) is 92.0. The van der Waals surface area contributed by atoms with Crippen LogP contribution < -0.4 is 4.90 Å². The van der Waals surface area contributed by atoms with E-state index in [9.17, 15) is 0 Å². The van der Waals surface area contributed by atoms with Gasteiger partial charge in [-0.25, -0.2) is 0 Å². The van der Waals surface area contributed by atoms with Crippen molar-refractivity contribution >= 4 is 17.1 Å². The number of hydrogen-bond acceptors (Lipinski definition) is 1. The maximum atomic E-state index is 2.48. The van der Waals surface area contributed by atoms with Crippen LogP contribution in [0.1, 0.15) is 47.2 Å². The monoisotopic (exact) mass is 829 g/mol. The lowest BCUT2D eigenvalue weighted by Gasteiger charge is -2.35. The van der Waals surface area contributed by atoms with E-state index in [1.54, 1.807) is 0 Å². The van der Waals surface area contributed by atoms with Gasteiger partial charge < -0.3 is 4.90 Å². The lowest BCUT2D eigenvalue weighted by molar-refractivity contribution is 0.660. The molecule has 0 bridgehead atoms. The van der Waals surface area contributed by atoms with Crippen molar-refractivity contribution in [1.82, 2.24) is 0 Å². The van der Waals surface area contributed by atoms with Crippen LogP contribution in [-0.4, -0.2) is 0 Å². The van der Waals surface area contributed by atoms with E-state index >= 15 is 0 Å². The molecule has 0 heterocycles. The van der Waals surface area contributed by atoms with E-state index in [0.29, 0.717) is 0 Å². The standard InChI is InChI=1S/C64H47N/c1-63(2)60-41-49(47-32-30-46(31-33-47)44-18-7-3-8-19-44)34-37-56(60)57-38-35-53(42-61(57)63)65(52-27-17-22-48(40-52)45-20-9-4-10-21-45)54-36-39-58-55-28-15-16-29-59(55)64(62(58)43-54,50-23-11-5-12-24-50)51-25-13-6-14-26-51/h3-43H,1-2H3. The Morgan fingerprint density at radius 3 is 1.26 bits per heavy atom. The van der Waals surface area contributed by atoms with Gasteiger partial charge in [0.1, 0.15) is 0 Å². The molecule has 0 aliphatic heterocycles. The minimum Gasteiger partial charge on any atom is -0.310 e. The average Bonchev–Trinajstić information content (AvgIpc) is 3.80. The predicted molar refractivity (Wildman–Crippen MR) is 272 cm³/mol. The zero-order valence-corrected chi connectivity index (χ0v) is 36.6. The third-order valence-corrected chi connectivity index (χ3v) is 14.2. The number of hydrogen-bond donors (Lipinski definition) is 0. The van der Waals surface area contributed by atoms with Crippen LogP contribution in [0.5, 0.6) is 0 Å². The first-order valence-corrected chi connectivity index (χ1v) is 22.7. The molecule has 0 amide bonds. The highest BCUT2D eigenvalue weighted by Crippen LogP contribution is 2.58. The van der Waals surface area contributed by atoms with Crippen LogP contribution in [0, 0.1) is 0 Å². The molecule has 0 atom stereocenters. The first-order chi connectivity index (χ1) is 32.0. The summed E-state index contributed by atoms with van der Waals surface area (Å²) in [6.07, 6.45) is 0. The fraction of sp³-hybridized carbons (Fsp3) is 0.0625. The van der Waals surface area contributed by atoms with Gasteiger partial charge in [-0.3, -0.25) is 0 Å². The predicted octanol–water partition coefficient (Wildman–Crippen LogP) is 16.8. The van der Waals surface area contributed by atoms with E-state index in [1.807, 2.05) is 0 Å². The van der Waals surface area contributed by atoms with Gasteiger partial charge in [0, 0.05) is 22.5 Å². The van der Waals surface area contributed by atoms with Crippen LogP contribution in [0.3, 0.4) is 0 Å². The van der Waals surface area contributed by atoms with Crippen LogP contribution in [0.4, 0.5) is 17.1 Å². The first-order valence-electron chi connectivity index (χ1n) is 22.7. The molecule has 0 unspecified atom stereocenters. The third-order valence-electron chi connectivity index (χ3n) is 14.2. The van der Waals surface area contributed by atoms with Crippen molar-refractivity contribution < 1.29 is 0 Å². The summed E-state index contributed by atoms with van der Waals surface area (Å²) in [5.74, 6) is 0. The zero-order valence-electron chi connectivity index (χ0n) is 36.6.